The summed E-state index contributed by atoms with van der Waals surface area (Å²) < 4.78 is 28.2. The van der Waals surface area contributed by atoms with Crippen LogP contribution in [0.1, 0.15) is 42.1 Å². The summed E-state index contributed by atoms with van der Waals surface area (Å²) in [4.78, 5) is 9.78. The van der Waals surface area contributed by atoms with Crippen LogP contribution in [-0.4, -0.2) is 33.9 Å². The number of hydrogen-bond donors (Lipinski definition) is 2. The lowest BCUT2D eigenvalue weighted by atomic mass is 9.96. The van der Waals surface area contributed by atoms with E-state index in [-0.39, 0.29) is 12.3 Å². The first-order valence-corrected chi connectivity index (χ1v) is 13.3. The monoisotopic (exact) mass is 476 g/mol. The molecule has 0 aliphatic heterocycles. The predicted molar refractivity (Wildman–Crippen MR) is 133 cm³/mol. The lowest BCUT2D eigenvalue weighted by molar-refractivity contribution is 0.583. The summed E-state index contributed by atoms with van der Waals surface area (Å²) in [5, 5.41) is 8.99. The Morgan fingerprint density at radius 3 is 2.62 bits per heavy atom. The maximum Gasteiger partial charge on any atom is 0.253 e. The SMILES string of the molecule is CCS(=O)(=O)NCc1cccc2c1cnn2-c1nc2c(c(NCc3ccccc3)n1)CCCC2. The first kappa shape index (κ1) is 22.5. The second kappa shape index (κ2) is 9.52. The van der Waals surface area contributed by atoms with Gasteiger partial charge in [0, 0.05) is 24.0 Å². The Kier molecular flexibility index (Phi) is 6.30. The van der Waals surface area contributed by atoms with E-state index >= 15 is 0 Å². The zero-order valence-electron chi connectivity index (χ0n) is 19.2. The van der Waals surface area contributed by atoms with Crippen molar-refractivity contribution >= 4 is 26.7 Å². The highest BCUT2D eigenvalue weighted by atomic mass is 32.2. The third-order valence-electron chi connectivity index (χ3n) is 6.23. The summed E-state index contributed by atoms with van der Waals surface area (Å²) in [6.45, 7) is 2.53. The standard InChI is InChI=1S/C25H28N6O2S/c1-2-34(32,33)28-16-19-11-8-14-23-21(19)17-27-31(23)25-29-22-13-7-6-12-20(22)24(30-25)26-15-18-9-4-3-5-10-18/h3-5,8-11,14,17,28H,2,6-7,12-13,15-16H2,1H3,(H,26,29,30). The highest BCUT2D eigenvalue weighted by molar-refractivity contribution is 7.89. The third kappa shape index (κ3) is 4.67. The Balaban J connectivity index is 1.50. The molecule has 0 radical (unpaired) electrons. The zero-order valence-corrected chi connectivity index (χ0v) is 20.0. The van der Waals surface area contributed by atoms with E-state index in [4.69, 9.17) is 9.97 Å². The maximum absolute atomic E-state index is 11.9. The van der Waals surface area contributed by atoms with Gasteiger partial charge in [-0.05, 0) is 49.8 Å². The summed E-state index contributed by atoms with van der Waals surface area (Å²) in [5.74, 6) is 1.43. The maximum atomic E-state index is 11.9. The molecule has 0 bridgehead atoms. The minimum Gasteiger partial charge on any atom is -0.366 e. The minimum absolute atomic E-state index is 0.0456. The average molecular weight is 477 g/mol. The molecular weight excluding hydrogens is 448 g/mol. The van der Waals surface area contributed by atoms with Gasteiger partial charge in [0.05, 0.1) is 23.2 Å². The minimum atomic E-state index is -3.29. The largest absolute Gasteiger partial charge is 0.366 e. The number of anilines is 1. The van der Waals surface area contributed by atoms with Gasteiger partial charge in [-0.25, -0.2) is 18.1 Å². The van der Waals surface area contributed by atoms with Crippen LogP contribution in [0.2, 0.25) is 0 Å². The van der Waals surface area contributed by atoms with Gasteiger partial charge in [0.1, 0.15) is 5.82 Å². The number of hydrogen-bond acceptors (Lipinski definition) is 6. The molecule has 2 aromatic heterocycles. The van der Waals surface area contributed by atoms with Crippen molar-refractivity contribution in [3.63, 3.8) is 0 Å². The molecule has 0 fully saturated rings. The molecule has 2 N–H and O–H groups in total. The molecule has 2 aromatic carbocycles. The smallest absolute Gasteiger partial charge is 0.253 e. The van der Waals surface area contributed by atoms with Gasteiger partial charge < -0.3 is 5.32 Å². The topological polar surface area (TPSA) is 102 Å². The van der Waals surface area contributed by atoms with Crippen molar-refractivity contribution < 1.29 is 8.42 Å². The molecule has 0 amide bonds. The normalized spacial score (nSPS) is 13.7. The molecule has 8 nitrogen and oxygen atoms in total. The molecular formula is C25H28N6O2S. The van der Waals surface area contributed by atoms with E-state index in [0.717, 1.165) is 53.7 Å². The van der Waals surface area contributed by atoms with Crippen molar-refractivity contribution in [2.45, 2.75) is 45.7 Å². The third-order valence-corrected chi connectivity index (χ3v) is 7.57. The fraction of sp³-hybridized carbons (Fsp3) is 0.320. The molecule has 1 aliphatic rings. The van der Waals surface area contributed by atoms with Crippen LogP contribution in [0, 0.1) is 0 Å². The molecule has 0 atom stereocenters. The summed E-state index contributed by atoms with van der Waals surface area (Å²) in [5.41, 5.74) is 5.16. The van der Waals surface area contributed by atoms with Gasteiger partial charge in [-0.1, -0.05) is 42.5 Å². The van der Waals surface area contributed by atoms with Crippen LogP contribution in [0.3, 0.4) is 0 Å². The summed E-state index contributed by atoms with van der Waals surface area (Å²) in [7, 11) is -3.29. The van der Waals surface area contributed by atoms with Crippen LogP contribution < -0.4 is 10.0 Å². The Morgan fingerprint density at radius 2 is 1.79 bits per heavy atom. The molecule has 0 saturated carbocycles. The number of fused-ring (bicyclic) bond motifs is 2. The molecule has 0 unspecified atom stereocenters. The quantitative estimate of drug-likeness (QED) is 0.402. The molecule has 2 heterocycles. The van der Waals surface area contributed by atoms with E-state index in [1.807, 2.05) is 36.4 Å². The van der Waals surface area contributed by atoms with E-state index in [1.165, 1.54) is 11.1 Å². The number of rotatable bonds is 8. The van der Waals surface area contributed by atoms with E-state index < -0.39 is 10.0 Å². The van der Waals surface area contributed by atoms with Crippen molar-refractivity contribution in [2.24, 2.45) is 0 Å². The summed E-state index contributed by atoms with van der Waals surface area (Å²) in [6, 6.07) is 16.0. The number of aryl methyl sites for hydroxylation is 1. The first-order valence-electron chi connectivity index (χ1n) is 11.6. The van der Waals surface area contributed by atoms with Crippen molar-refractivity contribution in [1.82, 2.24) is 24.5 Å². The number of sulfonamides is 1. The van der Waals surface area contributed by atoms with Gasteiger partial charge in [-0.15, -0.1) is 0 Å². The first-order chi connectivity index (χ1) is 16.5. The number of aromatic nitrogens is 4. The summed E-state index contributed by atoms with van der Waals surface area (Å²) >= 11 is 0. The highest BCUT2D eigenvalue weighted by Crippen LogP contribution is 2.28. The number of nitrogens with zero attached hydrogens (tertiary/aromatic N) is 4. The van der Waals surface area contributed by atoms with Crippen molar-refractivity contribution in [2.75, 3.05) is 11.1 Å². The molecule has 34 heavy (non-hydrogen) atoms. The second-order valence-electron chi connectivity index (χ2n) is 8.47. The van der Waals surface area contributed by atoms with Crippen LogP contribution in [0.5, 0.6) is 0 Å². The van der Waals surface area contributed by atoms with Crippen molar-refractivity contribution in [3.05, 3.63) is 77.1 Å². The molecule has 4 aromatic rings. The van der Waals surface area contributed by atoms with Crippen molar-refractivity contribution in [1.29, 1.82) is 0 Å². The van der Waals surface area contributed by atoms with Crippen LogP contribution in [0.25, 0.3) is 16.9 Å². The Labute approximate surface area is 199 Å². The van der Waals surface area contributed by atoms with Gasteiger partial charge in [0.15, 0.2) is 0 Å². The fourth-order valence-electron chi connectivity index (χ4n) is 4.32. The van der Waals surface area contributed by atoms with Crippen LogP contribution in [0.4, 0.5) is 5.82 Å². The van der Waals surface area contributed by atoms with Crippen LogP contribution in [0.15, 0.2) is 54.7 Å². The molecule has 0 saturated heterocycles. The number of nitrogens with one attached hydrogen (secondary N) is 2. The van der Waals surface area contributed by atoms with Crippen LogP contribution >= 0.6 is 0 Å². The van der Waals surface area contributed by atoms with Gasteiger partial charge in [-0.3, -0.25) is 0 Å². The molecule has 0 spiro atoms. The lowest BCUT2D eigenvalue weighted by Crippen LogP contribution is -2.24. The van der Waals surface area contributed by atoms with Crippen molar-refractivity contribution in [3.8, 4) is 5.95 Å². The molecule has 1 aliphatic carbocycles. The fourth-order valence-corrected chi connectivity index (χ4v) is 4.90. The average Bonchev–Trinajstić information content (AvgIpc) is 3.31. The number of benzene rings is 2. The highest BCUT2D eigenvalue weighted by Gasteiger charge is 2.20. The van der Waals surface area contributed by atoms with E-state index in [9.17, 15) is 8.42 Å². The van der Waals surface area contributed by atoms with Gasteiger partial charge in [0.25, 0.3) is 5.95 Å². The second-order valence-corrected chi connectivity index (χ2v) is 10.6. The van der Waals surface area contributed by atoms with Gasteiger partial charge in [0.2, 0.25) is 10.0 Å². The lowest BCUT2D eigenvalue weighted by Gasteiger charge is -2.20. The Morgan fingerprint density at radius 1 is 0.971 bits per heavy atom. The molecule has 176 valence electrons. The van der Waals surface area contributed by atoms with Crippen LogP contribution in [-0.2, 0) is 36.0 Å². The molecule has 9 heteroatoms. The molecule has 5 rings (SSSR count). The predicted octanol–water partition coefficient (Wildman–Crippen LogP) is 3.75. The Bertz CT molecular complexity index is 1420. The van der Waals surface area contributed by atoms with Gasteiger partial charge in [-0.2, -0.15) is 14.8 Å². The zero-order chi connectivity index (χ0) is 23.5. The Hall–Kier alpha value is -3.30. The van der Waals surface area contributed by atoms with E-state index in [2.05, 4.69) is 27.3 Å². The van der Waals surface area contributed by atoms with E-state index in [1.54, 1.807) is 17.8 Å². The summed E-state index contributed by atoms with van der Waals surface area (Å²) in [6.07, 6.45) is 5.90. The van der Waals surface area contributed by atoms with E-state index in [0.29, 0.717) is 12.5 Å². The van der Waals surface area contributed by atoms with Gasteiger partial charge >= 0.3 is 0 Å².